The van der Waals surface area contributed by atoms with Crippen LogP contribution in [0.4, 0.5) is 0 Å². The normalized spacial score (nSPS) is 11.8. The predicted octanol–water partition coefficient (Wildman–Crippen LogP) is 1.60. The van der Waals surface area contributed by atoms with E-state index in [1.165, 1.54) is 19.3 Å². The first kappa shape index (κ1) is 20.4. The number of benzene rings is 1. The molecule has 0 aromatic heterocycles. The summed E-state index contributed by atoms with van der Waals surface area (Å²) in [6.07, 6.45) is 2.76. The summed E-state index contributed by atoms with van der Waals surface area (Å²) >= 11 is 3.17. The highest BCUT2D eigenvalue weighted by Crippen LogP contribution is 2.29. The summed E-state index contributed by atoms with van der Waals surface area (Å²) in [7, 11) is 1.43. The number of rotatable bonds is 10. The van der Waals surface area contributed by atoms with Crippen LogP contribution in [0.5, 0.6) is 5.75 Å². The van der Waals surface area contributed by atoms with Crippen molar-refractivity contribution in [2.24, 2.45) is 0 Å². The van der Waals surface area contributed by atoms with E-state index in [0.29, 0.717) is 16.9 Å². The SMILES string of the molecule is COc1cc(C=CC(=O)NCCO[N+](=O)[O-])ccc1C(CBr)C(=O)O. The molecule has 0 fully saturated rings. The zero-order valence-electron chi connectivity index (χ0n) is 13.3. The van der Waals surface area contributed by atoms with Gasteiger partial charge < -0.3 is 20.0 Å². The number of ether oxygens (including phenoxy) is 1. The van der Waals surface area contributed by atoms with E-state index in [2.05, 4.69) is 26.1 Å². The maximum Gasteiger partial charge on any atom is 0.311 e. The second kappa shape index (κ2) is 10.3. The maximum absolute atomic E-state index is 11.6. The molecule has 0 heterocycles. The number of carboxylic acid groups (broad SMARTS) is 1. The fourth-order valence-corrected chi connectivity index (χ4v) is 2.55. The topological polar surface area (TPSA) is 128 Å². The van der Waals surface area contributed by atoms with Crippen molar-refractivity contribution in [3.05, 3.63) is 45.5 Å². The molecule has 0 aliphatic rings. The lowest BCUT2D eigenvalue weighted by Crippen LogP contribution is -2.26. The van der Waals surface area contributed by atoms with Crippen LogP contribution in [0.15, 0.2) is 24.3 Å². The lowest BCUT2D eigenvalue weighted by Gasteiger charge is -2.14. The van der Waals surface area contributed by atoms with Crippen LogP contribution in [-0.2, 0) is 14.4 Å². The highest BCUT2D eigenvalue weighted by atomic mass is 79.9. The van der Waals surface area contributed by atoms with Crippen molar-refractivity contribution in [2.75, 3.05) is 25.6 Å². The van der Waals surface area contributed by atoms with Crippen molar-refractivity contribution in [1.29, 1.82) is 0 Å². The van der Waals surface area contributed by atoms with E-state index in [1.54, 1.807) is 18.2 Å². The van der Waals surface area contributed by atoms with Crippen molar-refractivity contribution >= 4 is 33.9 Å². The van der Waals surface area contributed by atoms with Gasteiger partial charge >= 0.3 is 5.97 Å². The predicted molar refractivity (Wildman–Crippen MR) is 92.2 cm³/mol. The minimum atomic E-state index is -0.977. The Bertz CT molecular complexity index is 663. The number of amides is 1. The molecule has 1 amide bonds. The molecule has 9 nitrogen and oxygen atoms in total. The second-order valence-electron chi connectivity index (χ2n) is 4.73. The lowest BCUT2D eigenvalue weighted by atomic mass is 9.98. The molecule has 0 aliphatic carbocycles. The molecule has 0 bridgehead atoms. The molecule has 0 saturated carbocycles. The van der Waals surface area contributed by atoms with E-state index >= 15 is 0 Å². The van der Waals surface area contributed by atoms with Gasteiger partial charge in [0.25, 0.3) is 5.09 Å². The Morgan fingerprint density at radius 1 is 1.48 bits per heavy atom. The quantitative estimate of drug-likeness (QED) is 0.195. The average molecular weight is 417 g/mol. The smallest absolute Gasteiger partial charge is 0.311 e. The molecule has 1 unspecified atom stereocenters. The van der Waals surface area contributed by atoms with Gasteiger partial charge in [-0.25, -0.2) is 0 Å². The highest BCUT2D eigenvalue weighted by molar-refractivity contribution is 9.09. The number of nitrogens with zero attached hydrogens (tertiary/aromatic N) is 1. The number of alkyl halides is 1. The summed E-state index contributed by atoms with van der Waals surface area (Å²) in [4.78, 5) is 36.9. The van der Waals surface area contributed by atoms with Crippen molar-refractivity contribution in [2.45, 2.75) is 5.92 Å². The molecule has 1 atom stereocenters. The monoisotopic (exact) mass is 416 g/mol. The van der Waals surface area contributed by atoms with Gasteiger partial charge in [0.2, 0.25) is 5.91 Å². The number of carbonyl (C=O) groups is 2. The third-order valence-electron chi connectivity index (χ3n) is 3.11. The van der Waals surface area contributed by atoms with E-state index in [4.69, 9.17) is 4.74 Å². The third-order valence-corrected chi connectivity index (χ3v) is 3.76. The Morgan fingerprint density at radius 2 is 2.20 bits per heavy atom. The van der Waals surface area contributed by atoms with Gasteiger partial charge in [-0.2, -0.15) is 0 Å². The van der Waals surface area contributed by atoms with Crippen LogP contribution < -0.4 is 10.1 Å². The summed E-state index contributed by atoms with van der Waals surface area (Å²) in [5, 5.41) is 20.9. The number of carbonyl (C=O) groups excluding carboxylic acids is 1. The van der Waals surface area contributed by atoms with Gasteiger partial charge in [-0.15, -0.1) is 10.1 Å². The van der Waals surface area contributed by atoms with E-state index < -0.39 is 22.9 Å². The number of hydrogen-bond donors (Lipinski definition) is 2. The molecule has 25 heavy (non-hydrogen) atoms. The summed E-state index contributed by atoms with van der Waals surface area (Å²) in [5.74, 6) is -1.78. The Balaban J connectivity index is 2.75. The fourth-order valence-electron chi connectivity index (χ4n) is 1.93. The van der Waals surface area contributed by atoms with Crippen LogP contribution in [0.2, 0.25) is 0 Å². The van der Waals surface area contributed by atoms with Crippen molar-refractivity contribution in [3.8, 4) is 5.75 Å². The number of aliphatic carboxylic acids is 1. The molecule has 1 rings (SSSR count). The molecular weight excluding hydrogens is 400 g/mol. The summed E-state index contributed by atoms with van der Waals surface area (Å²) in [6, 6.07) is 4.91. The van der Waals surface area contributed by atoms with Gasteiger partial charge in [-0.3, -0.25) is 9.59 Å². The van der Waals surface area contributed by atoms with Crippen LogP contribution in [0.1, 0.15) is 17.0 Å². The van der Waals surface area contributed by atoms with E-state index in [0.717, 1.165) is 0 Å². The van der Waals surface area contributed by atoms with Crippen molar-refractivity contribution < 1.29 is 29.4 Å². The Labute approximate surface area is 151 Å². The largest absolute Gasteiger partial charge is 0.496 e. The van der Waals surface area contributed by atoms with Gasteiger partial charge in [0, 0.05) is 23.5 Å². The first-order valence-electron chi connectivity index (χ1n) is 7.09. The van der Waals surface area contributed by atoms with Crippen molar-refractivity contribution in [1.82, 2.24) is 5.32 Å². The lowest BCUT2D eigenvalue weighted by molar-refractivity contribution is -0.757. The minimum Gasteiger partial charge on any atom is -0.496 e. The molecule has 2 N–H and O–H groups in total. The first-order chi connectivity index (χ1) is 11.9. The van der Waals surface area contributed by atoms with E-state index in [-0.39, 0.29) is 18.5 Å². The second-order valence-corrected chi connectivity index (χ2v) is 5.38. The number of methoxy groups -OCH3 is 1. The Hall–Kier alpha value is -2.62. The number of nitrogens with one attached hydrogen (secondary N) is 1. The molecule has 1 aromatic rings. The fraction of sp³-hybridized carbons (Fsp3) is 0.333. The zero-order valence-corrected chi connectivity index (χ0v) is 14.9. The minimum absolute atomic E-state index is 0.00203. The van der Waals surface area contributed by atoms with Gasteiger partial charge in [0.15, 0.2) is 0 Å². The molecular formula is C15H17BrN2O7. The van der Waals surface area contributed by atoms with Gasteiger partial charge in [-0.05, 0) is 17.7 Å². The molecule has 1 aromatic carbocycles. The summed E-state index contributed by atoms with van der Waals surface area (Å²) in [5.41, 5.74) is 1.15. The van der Waals surface area contributed by atoms with Crippen LogP contribution in [0.3, 0.4) is 0 Å². The van der Waals surface area contributed by atoms with Crippen LogP contribution in [0.25, 0.3) is 6.08 Å². The zero-order chi connectivity index (χ0) is 18.8. The van der Waals surface area contributed by atoms with Crippen molar-refractivity contribution in [3.63, 3.8) is 0 Å². The van der Waals surface area contributed by atoms with Crippen LogP contribution in [-0.4, -0.2) is 47.7 Å². The molecule has 10 heteroatoms. The van der Waals surface area contributed by atoms with Crippen LogP contribution >= 0.6 is 15.9 Å². The molecule has 0 radical (unpaired) electrons. The van der Waals surface area contributed by atoms with Gasteiger partial charge in [-0.1, -0.05) is 28.1 Å². The average Bonchev–Trinajstić information content (AvgIpc) is 2.57. The Kier molecular flexibility index (Phi) is 8.40. The molecule has 0 saturated heterocycles. The first-order valence-corrected chi connectivity index (χ1v) is 8.21. The Morgan fingerprint density at radius 3 is 2.76 bits per heavy atom. The van der Waals surface area contributed by atoms with Crippen LogP contribution in [0, 0.1) is 10.1 Å². The molecule has 0 spiro atoms. The number of carboxylic acids is 1. The number of halogens is 1. The van der Waals surface area contributed by atoms with Gasteiger partial charge in [0.05, 0.1) is 13.0 Å². The molecule has 136 valence electrons. The maximum atomic E-state index is 11.6. The van der Waals surface area contributed by atoms with E-state index in [1.807, 2.05) is 0 Å². The highest BCUT2D eigenvalue weighted by Gasteiger charge is 2.22. The third kappa shape index (κ3) is 6.79. The molecule has 0 aliphatic heterocycles. The summed E-state index contributed by atoms with van der Waals surface area (Å²) < 4.78 is 5.23. The van der Waals surface area contributed by atoms with Gasteiger partial charge in [0.1, 0.15) is 12.4 Å². The standard InChI is InChI=1S/C15H17BrN2O7/c1-24-13-8-10(2-4-11(13)12(9-16)15(20)21)3-5-14(19)17-6-7-25-18(22)23/h2-5,8,12H,6-7,9H2,1H3,(H,17,19)(H,20,21). The number of hydrogen-bond acceptors (Lipinski definition) is 6. The summed E-state index contributed by atoms with van der Waals surface area (Å²) in [6.45, 7) is -0.240. The van der Waals surface area contributed by atoms with E-state index in [9.17, 15) is 24.8 Å².